The number of hydrogen-bond donors (Lipinski definition) is 5. The first kappa shape index (κ1) is 40.5. The van der Waals surface area contributed by atoms with Crippen LogP contribution in [0.15, 0.2) is 54.6 Å². The minimum Gasteiger partial charge on any atom is -0.508 e. The van der Waals surface area contributed by atoms with Crippen LogP contribution >= 0.6 is 0 Å². The molecule has 0 unspecified atom stereocenters. The number of carbonyl (C=O) groups excluding carboxylic acids is 4. The Morgan fingerprint density at radius 2 is 1.41 bits per heavy atom. The van der Waals surface area contributed by atoms with Crippen molar-refractivity contribution in [3.63, 3.8) is 0 Å². The maximum Gasteiger partial charge on any atom is 0.365 e. The lowest BCUT2D eigenvalue weighted by atomic mass is 9.95. The van der Waals surface area contributed by atoms with Crippen molar-refractivity contribution in [3.8, 4) is 5.75 Å². The van der Waals surface area contributed by atoms with Gasteiger partial charge < -0.3 is 26.6 Å². The van der Waals surface area contributed by atoms with Gasteiger partial charge in [0.05, 0.1) is 17.9 Å². The van der Waals surface area contributed by atoms with E-state index in [-0.39, 0.29) is 24.5 Å². The van der Waals surface area contributed by atoms with Crippen LogP contribution in [0.2, 0.25) is 0 Å². The van der Waals surface area contributed by atoms with Gasteiger partial charge in [0.25, 0.3) is 5.91 Å². The zero-order valence-electron chi connectivity index (χ0n) is 27.2. The van der Waals surface area contributed by atoms with Gasteiger partial charge in [-0.3, -0.25) is 24.1 Å². The van der Waals surface area contributed by atoms with Crippen molar-refractivity contribution >= 4 is 29.6 Å². The number of phenols is 1. The summed E-state index contributed by atoms with van der Waals surface area (Å²) in [6.45, 7) is 4.86. The van der Waals surface area contributed by atoms with Crippen LogP contribution in [-0.2, 0) is 36.3 Å². The fourth-order valence-electron chi connectivity index (χ4n) is 4.83. The van der Waals surface area contributed by atoms with Crippen molar-refractivity contribution in [1.29, 1.82) is 0 Å². The highest BCUT2D eigenvalue weighted by Crippen LogP contribution is 2.46. The monoisotopic (exact) mass is 701 g/mol. The number of aliphatic carboxylic acids is 1. The minimum absolute atomic E-state index is 0.00285. The third kappa shape index (κ3) is 10.2. The molecule has 0 saturated carbocycles. The second-order valence-corrected chi connectivity index (χ2v) is 12.2. The Balaban J connectivity index is 2.40. The zero-order chi connectivity index (χ0) is 37.3. The second kappa shape index (κ2) is 17.1. The van der Waals surface area contributed by atoms with Gasteiger partial charge in [-0.1, -0.05) is 79.1 Å². The number of nitrogens with two attached hydrogens (primary N) is 1. The van der Waals surface area contributed by atoms with Crippen LogP contribution in [0, 0.1) is 11.8 Å². The molecule has 17 heteroatoms. The van der Waals surface area contributed by atoms with Gasteiger partial charge in [0, 0.05) is 5.56 Å². The highest BCUT2D eigenvalue weighted by molar-refractivity contribution is 6.04. The first-order valence-electron chi connectivity index (χ1n) is 15.2. The Morgan fingerprint density at radius 1 is 0.857 bits per heavy atom. The number of hydrogen-bond acceptors (Lipinski definition) is 8. The van der Waals surface area contributed by atoms with Crippen molar-refractivity contribution in [2.45, 2.75) is 76.8 Å². The molecule has 2 rings (SSSR count). The van der Waals surface area contributed by atoms with E-state index in [2.05, 4.69) is 10.6 Å². The van der Waals surface area contributed by atoms with E-state index in [4.69, 9.17) is 5.73 Å². The quantitative estimate of drug-likeness (QED) is 0.0939. The topological polar surface area (TPSA) is 182 Å². The summed E-state index contributed by atoms with van der Waals surface area (Å²) in [5.74, 6) is -20.3. The number of benzene rings is 2. The smallest absolute Gasteiger partial charge is 0.365 e. The molecule has 12 nitrogen and oxygen atoms in total. The Morgan fingerprint density at radius 3 is 1.90 bits per heavy atom. The molecule has 0 aliphatic carbocycles. The molecule has 0 radical (unpaired) electrons. The van der Waals surface area contributed by atoms with Crippen LogP contribution in [0.5, 0.6) is 5.75 Å². The molecule has 6 N–H and O–H groups in total. The molecule has 0 bridgehead atoms. The van der Waals surface area contributed by atoms with Gasteiger partial charge in [0.15, 0.2) is 0 Å². The molecule has 0 heterocycles. The standard InChI is InChI=1S/C32H40F5N5O7/c1-18(2)14-24(40-27(45)23(38)16-20-10-12-22(43)13-11-20)28(46)39-17-26(44)41(25(29(47)48)15-19(3)4)30(49)32(35,42(36)37)31(33,34)21-8-6-5-7-9-21/h5-13,18-19,23-25,43H,14-17,38H2,1-4H3,(H,39,46)(H,40,45)(H,47,48)/t23-,24+,25-,32+/m0/s1. The van der Waals surface area contributed by atoms with Gasteiger partial charge in [0.2, 0.25) is 17.7 Å². The maximum atomic E-state index is 15.9. The summed E-state index contributed by atoms with van der Waals surface area (Å²) in [4.78, 5) is 64.4. The zero-order valence-corrected chi connectivity index (χ0v) is 27.2. The number of carbonyl (C=O) groups is 5. The second-order valence-electron chi connectivity index (χ2n) is 12.2. The lowest BCUT2D eigenvalue weighted by Gasteiger charge is -2.37. The lowest BCUT2D eigenvalue weighted by Crippen LogP contribution is -2.65. The van der Waals surface area contributed by atoms with Gasteiger partial charge in [-0.15, -0.1) is 0 Å². The summed E-state index contributed by atoms with van der Waals surface area (Å²) in [5.41, 5.74) is 5.19. The fourth-order valence-corrected chi connectivity index (χ4v) is 4.83. The molecule has 2 aromatic rings. The van der Waals surface area contributed by atoms with Crippen LogP contribution < -0.4 is 16.4 Å². The number of amides is 4. The van der Waals surface area contributed by atoms with Gasteiger partial charge in [0.1, 0.15) is 17.8 Å². The Labute approximate surface area is 279 Å². The first-order valence-corrected chi connectivity index (χ1v) is 15.2. The molecule has 0 aliphatic rings. The molecule has 49 heavy (non-hydrogen) atoms. The van der Waals surface area contributed by atoms with E-state index in [1.165, 1.54) is 44.2 Å². The van der Waals surface area contributed by atoms with Crippen LogP contribution in [0.25, 0.3) is 0 Å². The number of nitrogens with zero attached hydrogens (tertiary/aromatic N) is 2. The van der Waals surface area contributed by atoms with E-state index in [1.54, 1.807) is 13.8 Å². The summed E-state index contributed by atoms with van der Waals surface area (Å²) in [7, 11) is 0. The number of rotatable bonds is 17. The number of imide groups is 1. The largest absolute Gasteiger partial charge is 0.508 e. The predicted molar refractivity (Wildman–Crippen MR) is 165 cm³/mol. The highest BCUT2D eigenvalue weighted by atomic mass is 19.4. The van der Waals surface area contributed by atoms with E-state index in [1.807, 2.05) is 0 Å². The average molecular weight is 702 g/mol. The molecular weight excluding hydrogens is 661 g/mol. The predicted octanol–water partition coefficient (Wildman–Crippen LogP) is 3.29. The number of phenolic OH excluding ortho intramolecular Hbond substituents is 1. The molecule has 270 valence electrons. The van der Waals surface area contributed by atoms with E-state index in [0.29, 0.717) is 17.7 Å². The number of carboxylic acid groups (broad SMARTS) is 1. The van der Waals surface area contributed by atoms with Crippen molar-refractivity contribution < 1.29 is 56.3 Å². The molecule has 0 spiro atoms. The molecule has 4 amide bonds. The first-order chi connectivity index (χ1) is 22.7. The van der Waals surface area contributed by atoms with E-state index in [9.17, 15) is 43.1 Å². The summed E-state index contributed by atoms with van der Waals surface area (Å²) >= 11 is 0. The Bertz CT molecular complexity index is 1460. The number of nitrogens with one attached hydrogen (secondary N) is 2. The molecule has 0 aliphatic heterocycles. The van der Waals surface area contributed by atoms with E-state index < -0.39 is 94.1 Å². The highest BCUT2D eigenvalue weighted by Gasteiger charge is 2.70. The van der Waals surface area contributed by atoms with Crippen molar-refractivity contribution in [1.82, 2.24) is 20.9 Å². The molecule has 4 atom stereocenters. The number of halogens is 5. The maximum absolute atomic E-state index is 15.9. The minimum atomic E-state index is -5.57. The van der Waals surface area contributed by atoms with Crippen LogP contribution in [0.1, 0.15) is 51.7 Å². The third-order valence-corrected chi connectivity index (χ3v) is 7.33. The Kier molecular flexibility index (Phi) is 14.2. The van der Waals surface area contributed by atoms with E-state index in [0.717, 1.165) is 12.1 Å². The fraction of sp³-hybridized carbons (Fsp3) is 0.469. The molecular formula is C32H40F5N5O7. The van der Waals surface area contributed by atoms with E-state index >= 15 is 13.2 Å². The molecule has 0 saturated heterocycles. The summed E-state index contributed by atoms with van der Waals surface area (Å²) in [6, 6.07) is 5.10. The van der Waals surface area contributed by atoms with Crippen LogP contribution in [0.4, 0.5) is 22.1 Å². The SMILES string of the molecule is CC(C)C[C@@H](NC(=O)[C@@H](N)Cc1ccc(O)cc1)C(=O)NCC(=O)N(C(=O)[C@@](F)(N(F)F)C(F)(F)c1ccccc1)[C@@H](CC(C)C)C(=O)O. The summed E-state index contributed by atoms with van der Waals surface area (Å²) in [6.07, 6.45) is -0.679. The van der Waals surface area contributed by atoms with Crippen LogP contribution in [-0.4, -0.2) is 80.5 Å². The number of alkyl halides is 3. The van der Waals surface area contributed by atoms with Crippen molar-refractivity contribution in [2.75, 3.05) is 6.54 Å². The van der Waals surface area contributed by atoms with Crippen LogP contribution in [0.3, 0.4) is 0 Å². The molecule has 0 aromatic heterocycles. The lowest BCUT2D eigenvalue weighted by molar-refractivity contribution is -0.337. The number of carboxylic acids is 1. The molecule has 2 aromatic carbocycles. The van der Waals surface area contributed by atoms with Crippen molar-refractivity contribution in [2.24, 2.45) is 17.6 Å². The Hall–Kier alpha value is -4.64. The summed E-state index contributed by atoms with van der Waals surface area (Å²) in [5, 5.41) is 21.0. The van der Waals surface area contributed by atoms with Crippen molar-refractivity contribution in [3.05, 3.63) is 65.7 Å². The molecule has 0 fully saturated rings. The summed E-state index contributed by atoms with van der Waals surface area (Å²) < 4.78 is 74.9. The van der Waals surface area contributed by atoms with Gasteiger partial charge in [-0.05, 0) is 48.8 Å². The normalized spacial score (nSPS) is 14.9. The van der Waals surface area contributed by atoms with Gasteiger partial charge in [-0.2, -0.15) is 8.78 Å². The average Bonchev–Trinajstić information content (AvgIpc) is 3.03. The van der Waals surface area contributed by atoms with Gasteiger partial charge >= 0.3 is 17.7 Å². The number of aromatic hydroxyl groups is 1. The third-order valence-electron chi connectivity index (χ3n) is 7.33. The van der Waals surface area contributed by atoms with Gasteiger partial charge in [-0.25, -0.2) is 9.18 Å².